The second kappa shape index (κ2) is 4.40. The normalized spacial score (nSPS) is 12.0. The first kappa shape index (κ1) is 12.8. The molecule has 0 aliphatic carbocycles. The highest BCUT2D eigenvalue weighted by Crippen LogP contribution is 2.38. The molecule has 4 heteroatoms. The second-order valence-electron chi connectivity index (χ2n) is 4.69. The van der Waals surface area contributed by atoms with E-state index in [4.69, 9.17) is 0 Å². The van der Waals surface area contributed by atoms with E-state index in [0.29, 0.717) is 5.69 Å². The van der Waals surface area contributed by atoms with Crippen LogP contribution in [0.5, 0.6) is 0 Å². The molecule has 0 radical (unpaired) electrons. The van der Waals surface area contributed by atoms with Crippen LogP contribution >= 0.6 is 0 Å². The van der Waals surface area contributed by atoms with Crippen molar-refractivity contribution in [1.29, 1.82) is 0 Å². The lowest BCUT2D eigenvalue weighted by Gasteiger charge is -2.13. The summed E-state index contributed by atoms with van der Waals surface area (Å²) < 4.78 is 41.1. The van der Waals surface area contributed by atoms with Gasteiger partial charge in [-0.05, 0) is 18.2 Å². The van der Waals surface area contributed by atoms with Crippen LogP contribution in [0.3, 0.4) is 0 Å². The van der Waals surface area contributed by atoms with Crippen LogP contribution in [0, 0.1) is 0 Å². The van der Waals surface area contributed by atoms with E-state index in [9.17, 15) is 13.2 Å². The predicted molar refractivity (Wildman–Crippen MR) is 73.4 cm³/mol. The summed E-state index contributed by atoms with van der Waals surface area (Å²) in [5, 5.41) is 0.932. The van der Waals surface area contributed by atoms with Gasteiger partial charge in [0.25, 0.3) is 0 Å². The minimum atomic E-state index is -4.35. The Balaban J connectivity index is 2.29. The molecule has 3 aromatic rings. The molecule has 0 fully saturated rings. The third-order valence-electron chi connectivity index (χ3n) is 3.46. The van der Waals surface area contributed by atoms with Crippen LogP contribution in [0.4, 0.5) is 13.2 Å². The maximum absolute atomic E-state index is 13.1. The Bertz CT molecular complexity index is 769. The van der Waals surface area contributed by atoms with E-state index in [1.807, 2.05) is 24.3 Å². The smallest absolute Gasteiger partial charge is 0.344 e. The molecule has 0 aliphatic heterocycles. The van der Waals surface area contributed by atoms with Gasteiger partial charge in [-0.2, -0.15) is 13.2 Å². The van der Waals surface area contributed by atoms with Crippen molar-refractivity contribution in [2.45, 2.75) is 6.18 Å². The highest BCUT2D eigenvalue weighted by Gasteiger charge is 2.33. The molecule has 0 bridgehead atoms. The van der Waals surface area contributed by atoms with E-state index in [1.54, 1.807) is 23.7 Å². The molecule has 1 heterocycles. The van der Waals surface area contributed by atoms with Gasteiger partial charge in [-0.1, -0.05) is 36.4 Å². The van der Waals surface area contributed by atoms with Crippen LogP contribution in [-0.2, 0) is 13.2 Å². The first-order valence-corrected chi connectivity index (χ1v) is 6.19. The lowest BCUT2D eigenvalue weighted by Crippen LogP contribution is -2.08. The largest absolute Gasteiger partial charge is 0.417 e. The van der Waals surface area contributed by atoms with Crippen molar-refractivity contribution >= 4 is 10.9 Å². The number of aromatic nitrogens is 1. The number of fused-ring (bicyclic) bond motifs is 1. The van der Waals surface area contributed by atoms with E-state index in [0.717, 1.165) is 17.0 Å². The molecule has 0 spiro atoms. The van der Waals surface area contributed by atoms with Crippen molar-refractivity contribution in [3.8, 4) is 11.3 Å². The molecule has 2 aromatic carbocycles. The Kier molecular flexibility index (Phi) is 2.82. The van der Waals surface area contributed by atoms with Crippen LogP contribution in [0.1, 0.15) is 5.56 Å². The maximum atomic E-state index is 13.1. The number of nitrogens with zero attached hydrogens (tertiary/aromatic N) is 1. The molecule has 3 rings (SSSR count). The highest BCUT2D eigenvalue weighted by molar-refractivity contribution is 5.87. The van der Waals surface area contributed by atoms with Gasteiger partial charge in [0, 0.05) is 29.2 Å². The highest BCUT2D eigenvalue weighted by atomic mass is 19.4. The van der Waals surface area contributed by atoms with Gasteiger partial charge >= 0.3 is 6.18 Å². The first-order chi connectivity index (χ1) is 9.48. The molecule has 0 amide bonds. The summed E-state index contributed by atoms with van der Waals surface area (Å²) in [7, 11) is 1.78. The van der Waals surface area contributed by atoms with E-state index in [2.05, 4.69) is 0 Å². The monoisotopic (exact) mass is 275 g/mol. The molecule has 0 aliphatic rings. The molecule has 0 atom stereocenters. The number of benzene rings is 2. The van der Waals surface area contributed by atoms with Crippen molar-refractivity contribution in [3.63, 3.8) is 0 Å². The fourth-order valence-electron chi connectivity index (χ4n) is 2.50. The van der Waals surface area contributed by atoms with E-state index < -0.39 is 11.7 Å². The van der Waals surface area contributed by atoms with Crippen LogP contribution < -0.4 is 0 Å². The average Bonchev–Trinajstić information content (AvgIpc) is 2.76. The molecular weight excluding hydrogens is 263 g/mol. The number of rotatable bonds is 1. The number of alkyl halides is 3. The van der Waals surface area contributed by atoms with Crippen LogP contribution in [0.2, 0.25) is 0 Å². The molecule has 0 saturated heterocycles. The predicted octanol–water partition coefficient (Wildman–Crippen LogP) is 4.86. The Labute approximate surface area is 114 Å². The minimum absolute atomic E-state index is 0.207. The molecule has 20 heavy (non-hydrogen) atoms. The first-order valence-electron chi connectivity index (χ1n) is 6.19. The van der Waals surface area contributed by atoms with Gasteiger partial charge in [-0.25, -0.2) is 0 Å². The lowest BCUT2D eigenvalue weighted by atomic mass is 10.0. The molecule has 1 nitrogen and oxygen atoms in total. The van der Waals surface area contributed by atoms with Crippen molar-refractivity contribution in [3.05, 3.63) is 60.2 Å². The second-order valence-corrected chi connectivity index (χ2v) is 4.69. The van der Waals surface area contributed by atoms with Crippen molar-refractivity contribution in [1.82, 2.24) is 4.57 Å². The number of halogens is 3. The van der Waals surface area contributed by atoms with E-state index >= 15 is 0 Å². The summed E-state index contributed by atoms with van der Waals surface area (Å²) in [6, 6.07) is 15.0. The van der Waals surface area contributed by atoms with Crippen LogP contribution in [-0.4, -0.2) is 4.57 Å². The van der Waals surface area contributed by atoms with Crippen LogP contribution in [0.25, 0.3) is 22.2 Å². The number of aryl methyl sites for hydroxylation is 1. The number of para-hydroxylation sites is 1. The Morgan fingerprint density at radius 2 is 1.55 bits per heavy atom. The quantitative estimate of drug-likeness (QED) is 0.597. The maximum Gasteiger partial charge on any atom is 0.417 e. The minimum Gasteiger partial charge on any atom is -0.344 e. The van der Waals surface area contributed by atoms with Crippen LogP contribution in [0.15, 0.2) is 54.6 Å². The summed E-state index contributed by atoms with van der Waals surface area (Å²) in [6.45, 7) is 0. The number of hydrogen-bond donors (Lipinski definition) is 0. The summed E-state index contributed by atoms with van der Waals surface area (Å²) in [6.07, 6.45) is -4.35. The summed E-state index contributed by atoms with van der Waals surface area (Å²) in [5.41, 5.74) is 1.09. The van der Waals surface area contributed by atoms with Gasteiger partial charge < -0.3 is 4.57 Å². The third-order valence-corrected chi connectivity index (χ3v) is 3.46. The lowest BCUT2D eigenvalue weighted by molar-refractivity contribution is -0.137. The third kappa shape index (κ3) is 1.97. The van der Waals surface area contributed by atoms with E-state index in [-0.39, 0.29) is 5.56 Å². The van der Waals surface area contributed by atoms with Crippen molar-refractivity contribution in [2.24, 2.45) is 7.05 Å². The van der Waals surface area contributed by atoms with E-state index in [1.165, 1.54) is 12.1 Å². The number of hydrogen-bond acceptors (Lipinski definition) is 0. The Morgan fingerprint density at radius 3 is 2.25 bits per heavy atom. The topological polar surface area (TPSA) is 4.93 Å². The molecule has 0 unspecified atom stereocenters. The van der Waals surface area contributed by atoms with Gasteiger partial charge in [0.05, 0.1) is 5.56 Å². The fourth-order valence-corrected chi connectivity index (χ4v) is 2.50. The zero-order chi connectivity index (χ0) is 14.3. The zero-order valence-corrected chi connectivity index (χ0v) is 10.8. The average molecular weight is 275 g/mol. The Morgan fingerprint density at radius 1 is 0.900 bits per heavy atom. The van der Waals surface area contributed by atoms with Crippen molar-refractivity contribution < 1.29 is 13.2 Å². The van der Waals surface area contributed by atoms with Crippen molar-refractivity contribution in [2.75, 3.05) is 0 Å². The summed E-state index contributed by atoms with van der Waals surface area (Å²) in [5.74, 6) is 0. The van der Waals surface area contributed by atoms with Gasteiger partial charge in [0.2, 0.25) is 0 Å². The molecule has 1 aromatic heterocycles. The molecular formula is C16H12F3N. The van der Waals surface area contributed by atoms with Gasteiger partial charge in [0.15, 0.2) is 0 Å². The zero-order valence-electron chi connectivity index (χ0n) is 10.8. The van der Waals surface area contributed by atoms with Gasteiger partial charge in [0.1, 0.15) is 0 Å². The molecule has 0 N–H and O–H groups in total. The molecule has 102 valence electrons. The standard InChI is InChI=1S/C16H12F3N/c1-20-14-9-5-2-6-11(14)10-15(20)12-7-3-4-8-13(12)16(17,18)19/h2-10H,1H3. The Hall–Kier alpha value is -2.23. The SMILES string of the molecule is Cn1c(-c2ccccc2C(F)(F)F)cc2ccccc21. The van der Waals surface area contributed by atoms with Gasteiger partial charge in [-0.15, -0.1) is 0 Å². The molecule has 0 saturated carbocycles. The summed E-state index contributed by atoms with van der Waals surface area (Å²) in [4.78, 5) is 0. The fraction of sp³-hybridized carbons (Fsp3) is 0.125. The van der Waals surface area contributed by atoms with Gasteiger partial charge in [-0.3, -0.25) is 0 Å². The summed E-state index contributed by atoms with van der Waals surface area (Å²) >= 11 is 0.